The summed E-state index contributed by atoms with van der Waals surface area (Å²) in [6, 6.07) is 10.3. The summed E-state index contributed by atoms with van der Waals surface area (Å²) in [6.45, 7) is 1.94. The maximum atomic E-state index is 11.9. The molecule has 0 saturated carbocycles. The zero-order chi connectivity index (χ0) is 13.8. The maximum Gasteiger partial charge on any atom is 0.329 e. The van der Waals surface area contributed by atoms with Gasteiger partial charge in [0.25, 0.3) is 0 Å². The lowest BCUT2D eigenvalue weighted by Gasteiger charge is -2.18. The van der Waals surface area contributed by atoms with Gasteiger partial charge in [0.05, 0.1) is 12.7 Å². The van der Waals surface area contributed by atoms with Crippen molar-refractivity contribution in [1.29, 1.82) is 5.26 Å². The molecule has 19 heavy (non-hydrogen) atoms. The molecule has 1 N–H and O–H groups in total. The van der Waals surface area contributed by atoms with Crippen LogP contribution in [0.4, 0.5) is 0 Å². The van der Waals surface area contributed by atoms with Crippen LogP contribution in [-0.2, 0) is 14.3 Å². The first-order chi connectivity index (χ1) is 9.19. The number of carbonyl (C=O) groups is 2. The summed E-state index contributed by atoms with van der Waals surface area (Å²) in [5.41, 5.74) is 0.783. The first-order valence-electron chi connectivity index (χ1n) is 6.10. The number of nitrogens with zero attached hydrogens (tertiary/aromatic N) is 1. The van der Waals surface area contributed by atoms with Gasteiger partial charge in [-0.15, -0.1) is 0 Å². The molecule has 1 saturated heterocycles. The molecular formula is C14H14N2O3. The van der Waals surface area contributed by atoms with E-state index in [2.05, 4.69) is 5.32 Å². The predicted molar refractivity (Wildman–Crippen MR) is 66.8 cm³/mol. The van der Waals surface area contributed by atoms with Gasteiger partial charge in [0, 0.05) is 5.92 Å². The lowest BCUT2D eigenvalue weighted by atomic mass is 9.85. The topological polar surface area (TPSA) is 79.2 Å². The molecule has 1 fully saturated rings. The Morgan fingerprint density at radius 3 is 2.68 bits per heavy atom. The Morgan fingerprint density at radius 1 is 1.42 bits per heavy atom. The molecule has 5 nitrogen and oxygen atoms in total. The predicted octanol–water partition coefficient (Wildman–Crippen LogP) is 0.971. The fourth-order valence-electron chi connectivity index (χ4n) is 2.33. The lowest BCUT2D eigenvalue weighted by Crippen LogP contribution is -2.37. The number of esters is 1. The van der Waals surface area contributed by atoms with Crippen LogP contribution in [0.1, 0.15) is 18.4 Å². The van der Waals surface area contributed by atoms with Crippen LogP contribution in [0, 0.1) is 17.2 Å². The Balaban J connectivity index is 2.36. The van der Waals surface area contributed by atoms with E-state index in [1.165, 1.54) is 0 Å². The number of rotatable bonds is 3. The highest BCUT2D eigenvalue weighted by Crippen LogP contribution is 2.33. The number of nitriles is 1. The van der Waals surface area contributed by atoms with Crippen LogP contribution in [-0.4, -0.2) is 24.5 Å². The highest BCUT2D eigenvalue weighted by molar-refractivity contribution is 5.93. The third-order valence-corrected chi connectivity index (χ3v) is 3.16. The average molecular weight is 258 g/mol. The Bertz CT molecular complexity index is 521. The van der Waals surface area contributed by atoms with Crippen molar-refractivity contribution in [1.82, 2.24) is 5.32 Å². The number of ether oxygens (including phenoxy) is 1. The highest BCUT2D eigenvalue weighted by Gasteiger charge is 2.47. The Hall–Kier alpha value is -2.35. The van der Waals surface area contributed by atoms with E-state index in [1.54, 1.807) is 6.92 Å². The number of hydrogen-bond acceptors (Lipinski definition) is 4. The molecule has 0 aliphatic carbocycles. The van der Waals surface area contributed by atoms with Gasteiger partial charge >= 0.3 is 5.97 Å². The van der Waals surface area contributed by atoms with Crippen molar-refractivity contribution in [2.45, 2.75) is 18.9 Å². The first kappa shape index (κ1) is 13.1. The monoisotopic (exact) mass is 258 g/mol. The van der Waals surface area contributed by atoms with E-state index in [-0.39, 0.29) is 6.61 Å². The molecule has 1 aliphatic rings. The number of amides is 1. The number of hydrogen-bond donors (Lipinski definition) is 1. The summed E-state index contributed by atoms with van der Waals surface area (Å²) in [4.78, 5) is 23.7. The van der Waals surface area contributed by atoms with Crippen molar-refractivity contribution in [2.24, 2.45) is 5.92 Å². The molecule has 1 aromatic carbocycles. The van der Waals surface area contributed by atoms with Gasteiger partial charge in [-0.2, -0.15) is 5.26 Å². The van der Waals surface area contributed by atoms with Gasteiger partial charge in [0.1, 0.15) is 12.0 Å². The normalized spacial score (nSPS) is 25.5. The Labute approximate surface area is 111 Å². The summed E-state index contributed by atoms with van der Waals surface area (Å²) < 4.78 is 4.96. The Kier molecular flexibility index (Phi) is 3.81. The van der Waals surface area contributed by atoms with Crippen molar-refractivity contribution in [2.75, 3.05) is 6.61 Å². The fourth-order valence-corrected chi connectivity index (χ4v) is 2.33. The SMILES string of the molecule is CCOC(=O)[C@H]1NC(=O)[C@H](C#N)[C@H]1c1ccccc1. The zero-order valence-corrected chi connectivity index (χ0v) is 10.5. The van der Waals surface area contributed by atoms with E-state index in [9.17, 15) is 9.59 Å². The minimum absolute atomic E-state index is 0.240. The molecule has 5 heteroatoms. The molecular weight excluding hydrogens is 244 g/mol. The molecule has 0 radical (unpaired) electrons. The molecule has 1 aromatic rings. The van der Waals surface area contributed by atoms with Gasteiger partial charge in [0.15, 0.2) is 0 Å². The van der Waals surface area contributed by atoms with Crippen molar-refractivity contribution in [3.05, 3.63) is 35.9 Å². The van der Waals surface area contributed by atoms with Crippen LogP contribution >= 0.6 is 0 Å². The minimum atomic E-state index is -0.864. The van der Waals surface area contributed by atoms with Crippen LogP contribution < -0.4 is 5.32 Å². The summed E-state index contributed by atoms with van der Waals surface area (Å²) in [5, 5.41) is 11.7. The molecule has 0 spiro atoms. The zero-order valence-electron chi connectivity index (χ0n) is 10.5. The van der Waals surface area contributed by atoms with Crippen LogP contribution in [0.5, 0.6) is 0 Å². The second kappa shape index (κ2) is 5.53. The van der Waals surface area contributed by atoms with E-state index in [1.807, 2.05) is 36.4 Å². The average Bonchev–Trinajstić information content (AvgIpc) is 2.77. The summed E-state index contributed by atoms with van der Waals surface area (Å²) >= 11 is 0. The second-order valence-corrected chi connectivity index (χ2v) is 4.28. The van der Waals surface area contributed by atoms with Crippen molar-refractivity contribution in [3.8, 4) is 6.07 Å². The molecule has 0 unspecified atom stereocenters. The summed E-state index contributed by atoms with van der Waals surface area (Å²) in [5.74, 6) is -2.29. The van der Waals surface area contributed by atoms with E-state index in [0.29, 0.717) is 0 Å². The third-order valence-electron chi connectivity index (χ3n) is 3.16. The molecule has 1 heterocycles. The molecule has 1 amide bonds. The molecule has 3 atom stereocenters. The minimum Gasteiger partial charge on any atom is -0.464 e. The number of benzene rings is 1. The van der Waals surface area contributed by atoms with E-state index < -0.39 is 29.8 Å². The summed E-state index contributed by atoms with van der Waals surface area (Å²) in [6.07, 6.45) is 0. The molecule has 2 rings (SSSR count). The fraction of sp³-hybridized carbons (Fsp3) is 0.357. The van der Waals surface area contributed by atoms with Crippen molar-refractivity contribution >= 4 is 11.9 Å². The van der Waals surface area contributed by atoms with Gasteiger partial charge in [-0.25, -0.2) is 4.79 Å². The number of nitrogens with one attached hydrogen (secondary N) is 1. The van der Waals surface area contributed by atoms with Gasteiger partial charge < -0.3 is 10.1 Å². The van der Waals surface area contributed by atoms with Crippen LogP contribution in [0.2, 0.25) is 0 Å². The van der Waals surface area contributed by atoms with Crippen LogP contribution in [0.15, 0.2) is 30.3 Å². The smallest absolute Gasteiger partial charge is 0.329 e. The van der Waals surface area contributed by atoms with Crippen LogP contribution in [0.3, 0.4) is 0 Å². The van der Waals surface area contributed by atoms with Crippen molar-refractivity contribution in [3.63, 3.8) is 0 Å². The number of carbonyl (C=O) groups excluding carboxylic acids is 2. The first-order valence-corrected chi connectivity index (χ1v) is 6.10. The molecule has 0 aromatic heterocycles. The molecule has 98 valence electrons. The largest absolute Gasteiger partial charge is 0.464 e. The van der Waals surface area contributed by atoms with E-state index >= 15 is 0 Å². The summed E-state index contributed by atoms with van der Waals surface area (Å²) in [7, 11) is 0. The van der Waals surface area contributed by atoms with Gasteiger partial charge in [-0.3, -0.25) is 4.79 Å². The highest BCUT2D eigenvalue weighted by atomic mass is 16.5. The quantitative estimate of drug-likeness (QED) is 0.819. The van der Waals surface area contributed by atoms with E-state index in [0.717, 1.165) is 5.56 Å². The van der Waals surface area contributed by atoms with Crippen molar-refractivity contribution < 1.29 is 14.3 Å². The Morgan fingerprint density at radius 2 is 2.11 bits per heavy atom. The maximum absolute atomic E-state index is 11.9. The van der Waals surface area contributed by atoms with E-state index in [4.69, 9.17) is 10.00 Å². The van der Waals surface area contributed by atoms with Gasteiger partial charge in [0.2, 0.25) is 5.91 Å². The molecule has 1 aliphatic heterocycles. The lowest BCUT2D eigenvalue weighted by molar-refractivity contribution is -0.146. The van der Waals surface area contributed by atoms with Gasteiger partial charge in [-0.05, 0) is 12.5 Å². The molecule has 0 bridgehead atoms. The van der Waals surface area contributed by atoms with Crippen LogP contribution in [0.25, 0.3) is 0 Å². The second-order valence-electron chi connectivity index (χ2n) is 4.28. The third kappa shape index (κ3) is 2.43. The van der Waals surface area contributed by atoms with Gasteiger partial charge in [-0.1, -0.05) is 30.3 Å². The standard InChI is InChI=1S/C14H14N2O3/c1-2-19-14(18)12-11(9-6-4-3-5-7-9)10(8-15)13(17)16-12/h3-7,10-12H,2H2,1H3,(H,16,17)/t10-,11-,12+/m1/s1.